The van der Waals surface area contributed by atoms with Gasteiger partial charge in [0, 0.05) is 32.2 Å². The van der Waals surface area contributed by atoms with E-state index in [0.29, 0.717) is 32.1 Å². The van der Waals surface area contributed by atoms with Crippen molar-refractivity contribution in [2.75, 3.05) is 25.5 Å². The van der Waals surface area contributed by atoms with Crippen LogP contribution in [0.15, 0.2) is 59.6 Å². The summed E-state index contributed by atoms with van der Waals surface area (Å²) in [5.41, 5.74) is 3.13. The summed E-state index contributed by atoms with van der Waals surface area (Å²) in [6.45, 7) is 6.89. The molecule has 0 saturated carbocycles. The van der Waals surface area contributed by atoms with E-state index in [2.05, 4.69) is 40.0 Å². The Hall–Kier alpha value is -2.13. The number of aliphatic imine (C=N–C) groups is 1. The molecule has 1 unspecified atom stereocenters. The average Bonchev–Trinajstić information content (AvgIpc) is 2.76. The molecule has 170 valence electrons. The first kappa shape index (κ1) is 26.9. The standard InChI is InChI=1S/C24H34N4O2.HI/c1-4-8-23(29)28-22-13-11-20(12-14-22)16-27-24(25-3)26-15-19(2)17-30-18-21-9-6-5-7-10-21;/h5-7,9-14,19H,4,8,15-18H2,1-3H3,(H,28,29)(H2,25,26,27);1H. The van der Waals surface area contributed by atoms with Gasteiger partial charge in [-0.25, -0.2) is 0 Å². The van der Waals surface area contributed by atoms with Gasteiger partial charge in [0.1, 0.15) is 0 Å². The maximum absolute atomic E-state index is 11.7. The summed E-state index contributed by atoms with van der Waals surface area (Å²) < 4.78 is 5.80. The van der Waals surface area contributed by atoms with E-state index in [1.807, 2.05) is 49.4 Å². The SMILES string of the molecule is CCCC(=O)Nc1ccc(CNC(=NC)NCC(C)COCc2ccccc2)cc1.I. The van der Waals surface area contributed by atoms with Gasteiger partial charge in [-0.2, -0.15) is 0 Å². The average molecular weight is 538 g/mol. The van der Waals surface area contributed by atoms with Gasteiger partial charge in [-0.1, -0.05) is 56.3 Å². The number of nitrogens with zero attached hydrogens (tertiary/aromatic N) is 1. The minimum absolute atomic E-state index is 0. The predicted molar refractivity (Wildman–Crippen MR) is 139 cm³/mol. The van der Waals surface area contributed by atoms with Gasteiger partial charge in [-0.05, 0) is 35.6 Å². The Balaban J connectivity index is 0.00000480. The zero-order chi connectivity index (χ0) is 21.6. The lowest BCUT2D eigenvalue weighted by molar-refractivity contribution is -0.116. The topological polar surface area (TPSA) is 74.8 Å². The molecule has 0 heterocycles. The van der Waals surface area contributed by atoms with Gasteiger partial charge in [0.2, 0.25) is 5.91 Å². The molecule has 0 aromatic heterocycles. The van der Waals surface area contributed by atoms with Crippen LogP contribution in [0.4, 0.5) is 5.69 Å². The molecule has 0 bridgehead atoms. The van der Waals surface area contributed by atoms with E-state index in [4.69, 9.17) is 4.74 Å². The molecule has 0 fully saturated rings. The molecule has 1 atom stereocenters. The summed E-state index contributed by atoms with van der Waals surface area (Å²) in [5, 5.41) is 9.55. The number of carbonyl (C=O) groups excluding carboxylic acids is 1. The van der Waals surface area contributed by atoms with Crippen LogP contribution in [0.25, 0.3) is 0 Å². The number of amides is 1. The Kier molecular flexibility index (Phi) is 13.6. The molecule has 6 nitrogen and oxygen atoms in total. The van der Waals surface area contributed by atoms with Gasteiger partial charge in [0.25, 0.3) is 0 Å². The molecule has 2 rings (SSSR count). The molecular formula is C24H35IN4O2. The van der Waals surface area contributed by atoms with Crippen molar-refractivity contribution in [1.82, 2.24) is 10.6 Å². The van der Waals surface area contributed by atoms with E-state index >= 15 is 0 Å². The summed E-state index contributed by atoms with van der Waals surface area (Å²) in [7, 11) is 1.76. The molecule has 0 aliphatic rings. The van der Waals surface area contributed by atoms with Gasteiger partial charge in [0.15, 0.2) is 5.96 Å². The van der Waals surface area contributed by atoms with Crippen LogP contribution in [0.3, 0.4) is 0 Å². The minimum atomic E-state index is 0. The Bertz CT molecular complexity index is 782. The number of guanidine groups is 1. The first-order valence-corrected chi connectivity index (χ1v) is 10.6. The smallest absolute Gasteiger partial charge is 0.224 e. The van der Waals surface area contributed by atoms with Crippen LogP contribution in [-0.4, -0.2) is 32.1 Å². The fourth-order valence-corrected chi connectivity index (χ4v) is 2.84. The first-order chi connectivity index (χ1) is 14.6. The van der Waals surface area contributed by atoms with Crippen molar-refractivity contribution in [3.63, 3.8) is 0 Å². The number of ether oxygens (including phenoxy) is 1. The van der Waals surface area contributed by atoms with Crippen LogP contribution >= 0.6 is 24.0 Å². The van der Waals surface area contributed by atoms with Crippen LogP contribution in [0, 0.1) is 5.92 Å². The number of hydrogen-bond acceptors (Lipinski definition) is 3. The first-order valence-electron chi connectivity index (χ1n) is 10.6. The van der Waals surface area contributed by atoms with Crippen molar-refractivity contribution in [1.29, 1.82) is 0 Å². The molecule has 3 N–H and O–H groups in total. The summed E-state index contributed by atoms with van der Waals surface area (Å²) in [5.74, 6) is 1.17. The third-order valence-electron chi connectivity index (χ3n) is 4.53. The van der Waals surface area contributed by atoms with E-state index < -0.39 is 0 Å². The second-order valence-corrected chi connectivity index (χ2v) is 7.41. The monoisotopic (exact) mass is 538 g/mol. The van der Waals surface area contributed by atoms with E-state index in [-0.39, 0.29) is 29.9 Å². The minimum Gasteiger partial charge on any atom is -0.376 e. The number of carbonyl (C=O) groups is 1. The van der Waals surface area contributed by atoms with Crippen LogP contribution in [-0.2, 0) is 22.7 Å². The number of hydrogen-bond donors (Lipinski definition) is 3. The Labute approximate surface area is 203 Å². The molecule has 0 saturated heterocycles. The highest BCUT2D eigenvalue weighted by Crippen LogP contribution is 2.10. The van der Waals surface area contributed by atoms with E-state index in [1.165, 1.54) is 5.56 Å². The lowest BCUT2D eigenvalue weighted by Crippen LogP contribution is -2.39. The normalized spacial score (nSPS) is 11.9. The van der Waals surface area contributed by atoms with Crippen molar-refractivity contribution in [2.24, 2.45) is 10.9 Å². The van der Waals surface area contributed by atoms with Gasteiger partial charge in [-0.3, -0.25) is 9.79 Å². The van der Waals surface area contributed by atoms with Crippen molar-refractivity contribution in [2.45, 2.75) is 39.8 Å². The second kappa shape index (κ2) is 15.6. The largest absolute Gasteiger partial charge is 0.376 e. The highest BCUT2D eigenvalue weighted by Gasteiger charge is 2.05. The number of halogens is 1. The quantitative estimate of drug-likeness (QED) is 0.223. The van der Waals surface area contributed by atoms with Crippen LogP contribution in [0.5, 0.6) is 0 Å². The fraction of sp³-hybridized carbons (Fsp3) is 0.417. The number of benzene rings is 2. The molecule has 31 heavy (non-hydrogen) atoms. The third kappa shape index (κ3) is 11.2. The lowest BCUT2D eigenvalue weighted by Gasteiger charge is -2.16. The molecule has 0 aliphatic heterocycles. The molecule has 0 radical (unpaired) electrons. The summed E-state index contributed by atoms with van der Waals surface area (Å²) in [6, 6.07) is 18.0. The molecule has 1 amide bonds. The van der Waals surface area contributed by atoms with Crippen molar-refractivity contribution >= 4 is 41.5 Å². The molecular weight excluding hydrogens is 503 g/mol. The summed E-state index contributed by atoms with van der Waals surface area (Å²) >= 11 is 0. The van der Waals surface area contributed by atoms with Crippen LogP contribution in [0.1, 0.15) is 37.8 Å². The number of nitrogens with one attached hydrogen (secondary N) is 3. The maximum Gasteiger partial charge on any atom is 0.224 e. The molecule has 7 heteroatoms. The van der Waals surface area contributed by atoms with Gasteiger partial charge in [-0.15, -0.1) is 24.0 Å². The zero-order valence-corrected chi connectivity index (χ0v) is 21.0. The van der Waals surface area contributed by atoms with Crippen molar-refractivity contribution in [3.05, 3.63) is 65.7 Å². The van der Waals surface area contributed by atoms with Crippen molar-refractivity contribution in [3.8, 4) is 0 Å². The van der Waals surface area contributed by atoms with Gasteiger partial charge < -0.3 is 20.7 Å². The Morgan fingerprint density at radius 1 is 1.03 bits per heavy atom. The number of anilines is 1. The van der Waals surface area contributed by atoms with Crippen LogP contribution < -0.4 is 16.0 Å². The maximum atomic E-state index is 11.7. The lowest BCUT2D eigenvalue weighted by atomic mass is 10.2. The highest BCUT2D eigenvalue weighted by molar-refractivity contribution is 14.0. The van der Waals surface area contributed by atoms with Crippen LogP contribution in [0.2, 0.25) is 0 Å². The van der Waals surface area contributed by atoms with Crippen molar-refractivity contribution < 1.29 is 9.53 Å². The van der Waals surface area contributed by atoms with E-state index in [0.717, 1.165) is 30.2 Å². The third-order valence-corrected chi connectivity index (χ3v) is 4.53. The van der Waals surface area contributed by atoms with E-state index in [1.54, 1.807) is 7.05 Å². The number of rotatable bonds is 11. The summed E-state index contributed by atoms with van der Waals surface area (Å²) in [4.78, 5) is 15.9. The molecule has 0 spiro atoms. The van der Waals surface area contributed by atoms with E-state index in [9.17, 15) is 4.79 Å². The molecule has 2 aromatic rings. The van der Waals surface area contributed by atoms with Gasteiger partial charge >= 0.3 is 0 Å². The molecule has 2 aromatic carbocycles. The molecule has 0 aliphatic carbocycles. The summed E-state index contributed by atoms with van der Waals surface area (Å²) in [6.07, 6.45) is 1.39. The fourth-order valence-electron chi connectivity index (χ4n) is 2.84. The second-order valence-electron chi connectivity index (χ2n) is 7.41. The van der Waals surface area contributed by atoms with Gasteiger partial charge in [0.05, 0.1) is 13.2 Å². The predicted octanol–water partition coefficient (Wildman–Crippen LogP) is 4.56. The zero-order valence-electron chi connectivity index (χ0n) is 18.7. The Morgan fingerprint density at radius 3 is 2.39 bits per heavy atom. The highest BCUT2D eigenvalue weighted by atomic mass is 127. The Morgan fingerprint density at radius 2 is 1.74 bits per heavy atom.